The van der Waals surface area contributed by atoms with E-state index in [0.717, 1.165) is 86.0 Å². The maximum absolute atomic E-state index is 13.3. The lowest BCUT2D eigenvalue weighted by atomic mass is 9.90. The minimum Gasteiger partial charge on any atom is -0.375 e. The standard InChI is InChI=1S/C31H44N4O3/c1-4-5-17-34(2)29-16-11-25(19-28(29)33-30(36)21-38-3)24-8-6-7-22(18-24)20-35(31(37)23-9-10-23)27-14-12-26(32)13-15-27/h6-8,11,16,18-19,23,26-27H,4-5,9-10,12-15,17,20-21,32H2,1-3H3,(H,33,36). The molecule has 7 heteroatoms. The fraction of sp³-hybridized carbons (Fsp3) is 0.548. The van der Waals surface area contributed by atoms with Crippen LogP contribution in [0.3, 0.4) is 0 Å². The number of rotatable bonds is 12. The average molecular weight is 521 g/mol. The second-order valence-corrected chi connectivity index (χ2v) is 11.0. The van der Waals surface area contributed by atoms with Crippen LogP contribution in [0.1, 0.15) is 63.9 Å². The molecule has 4 rings (SSSR count). The van der Waals surface area contributed by atoms with E-state index in [2.05, 4.69) is 65.5 Å². The van der Waals surface area contributed by atoms with Crippen molar-refractivity contribution >= 4 is 23.2 Å². The third-order valence-electron chi connectivity index (χ3n) is 7.81. The molecule has 2 aromatic carbocycles. The summed E-state index contributed by atoms with van der Waals surface area (Å²) in [7, 11) is 3.58. The van der Waals surface area contributed by atoms with E-state index in [1.54, 1.807) is 0 Å². The van der Waals surface area contributed by atoms with Crippen LogP contribution in [0.2, 0.25) is 0 Å². The Morgan fingerprint density at radius 1 is 1.03 bits per heavy atom. The highest BCUT2D eigenvalue weighted by Gasteiger charge is 2.37. The summed E-state index contributed by atoms with van der Waals surface area (Å²) in [5, 5.41) is 3.04. The van der Waals surface area contributed by atoms with E-state index in [1.165, 1.54) is 7.11 Å². The number of benzene rings is 2. The molecular weight excluding hydrogens is 476 g/mol. The number of hydrogen-bond donors (Lipinski definition) is 2. The van der Waals surface area contributed by atoms with E-state index in [0.29, 0.717) is 12.5 Å². The molecule has 2 fully saturated rings. The van der Waals surface area contributed by atoms with Crippen molar-refractivity contribution in [1.82, 2.24) is 4.90 Å². The first kappa shape index (κ1) is 28.1. The molecule has 0 radical (unpaired) electrons. The molecule has 2 aromatic rings. The van der Waals surface area contributed by atoms with E-state index in [9.17, 15) is 9.59 Å². The number of carbonyl (C=O) groups is 2. The highest BCUT2D eigenvalue weighted by molar-refractivity contribution is 5.96. The Morgan fingerprint density at radius 3 is 2.45 bits per heavy atom. The number of amides is 2. The normalized spacial score (nSPS) is 19.2. The van der Waals surface area contributed by atoms with Crippen molar-refractivity contribution < 1.29 is 14.3 Å². The summed E-state index contributed by atoms with van der Waals surface area (Å²) in [5.74, 6) is 0.327. The van der Waals surface area contributed by atoms with Crippen LogP contribution >= 0.6 is 0 Å². The molecular formula is C31H44N4O3. The predicted octanol–water partition coefficient (Wildman–Crippen LogP) is 5.18. The quantitative estimate of drug-likeness (QED) is 0.402. The molecule has 206 valence electrons. The largest absolute Gasteiger partial charge is 0.375 e. The Labute approximate surface area is 227 Å². The van der Waals surface area contributed by atoms with Gasteiger partial charge in [0.25, 0.3) is 0 Å². The summed E-state index contributed by atoms with van der Waals surface area (Å²) in [5.41, 5.74) is 11.1. The van der Waals surface area contributed by atoms with Gasteiger partial charge in [0.1, 0.15) is 6.61 Å². The predicted molar refractivity (Wildman–Crippen MR) is 154 cm³/mol. The van der Waals surface area contributed by atoms with Crippen LogP contribution in [0.25, 0.3) is 11.1 Å². The van der Waals surface area contributed by atoms with Gasteiger partial charge in [-0.05, 0) is 79.8 Å². The molecule has 0 aromatic heterocycles. The summed E-state index contributed by atoms with van der Waals surface area (Å²) < 4.78 is 5.04. The second kappa shape index (κ2) is 13.3. The first-order valence-corrected chi connectivity index (χ1v) is 14.2. The lowest BCUT2D eigenvalue weighted by Crippen LogP contribution is -2.44. The second-order valence-electron chi connectivity index (χ2n) is 11.0. The molecule has 3 N–H and O–H groups in total. The zero-order valence-corrected chi connectivity index (χ0v) is 23.2. The number of ether oxygens (including phenoxy) is 1. The van der Waals surface area contributed by atoms with Gasteiger partial charge in [0.2, 0.25) is 11.8 Å². The SMILES string of the molecule is CCCCN(C)c1ccc(-c2cccc(CN(C(=O)C3CC3)C3CCC(N)CC3)c2)cc1NC(=O)COC. The number of methoxy groups -OCH3 is 1. The van der Waals surface area contributed by atoms with Crippen LogP contribution in [-0.2, 0) is 20.9 Å². The van der Waals surface area contributed by atoms with Crippen molar-refractivity contribution in [1.29, 1.82) is 0 Å². The van der Waals surface area contributed by atoms with E-state index in [1.807, 2.05) is 6.07 Å². The lowest BCUT2D eigenvalue weighted by Gasteiger charge is -2.36. The van der Waals surface area contributed by atoms with Crippen LogP contribution < -0.4 is 16.0 Å². The monoisotopic (exact) mass is 520 g/mol. The van der Waals surface area contributed by atoms with Gasteiger partial charge in [0.05, 0.1) is 11.4 Å². The number of nitrogens with zero attached hydrogens (tertiary/aromatic N) is 2. The number of hydrogen-bond acceptors (Lipinski definition) is 5. The molecule has 0 heterocycles. The van der Waals surface area contributed by atoms with Crippen molar-refractivity contribution in [2.45, 2.75) is 76.9 Å². The molecule has 2 aliphatic carbocycles. The summed E-state index contributed by atoms with van der Waals surface area (Å²) >= 11 is 0. The van der Waals surface area contributed by atoms with Gasteiger partial charge in [-0.1, -0.05) is 37.6 Å². The van der Waals surface area contributed by atoms with E-state index in [4.69, 9.17) is 10.5 Å². The van der Waals surface area contributed by atoms with Gasteiger partial charge < -0.3 is 25.6 Å². The van der Waals surface area contributed by atoms with Gasteiger partial charge in [-0.2, -0.15) is 0 Å². The van der Waals surface area contributed by atoms with Gasteiger partial charge in [-0.25, -0.2) is 0 Å². The third kappa shape index (κ3) is 7.35. The van der Waals surface area contributed by atoms with Gasteiger partial charge in [0.15, 0.2) is 0 Å². The summed E-state index contributed by atoms with van der Waals surface area (Å²) in [6.45, 7) is 3.72. The molecule has 7 nitrogen and oxygen atoms in total. The van der Waals surface area contributed by atoms with Crippen molar-refractivity contribution in [3.8, 4) is 11.1 Å². The van der Waals surface area contributed by atoms with Crippen LogP contribution in [0.4, 0.5) is 11.4 Å². The van der Waals surface area contributed by atoms with Crippen molar-refractivity contribution in [3.05, 3.63) is 48.0 Å². The smallest absolute Gasteiger partial charge is 0.250 e. The number of carbonyl (C=O) groups excluding carboxylic acids is 2. The molecule has 2 aliphatic rings. The Morgan fingerprint density at radius 2 is 1.76 bits per heavy atom. The highest BCUT2D eigenvalue weighted by atomic mass is 16.5. The Hall–Kier alpha value is -2.90. The molecule has 2 amide bonds. The zero-order valence-electron chi connectivity index (χ0n) is 23.2. The molecule has 0 atom stereocenters. The number of nitrogens with two attached hydrogens (primary N) is 1. The van der Waals surface area contributed by atoms with Gasteiger partial charge >= 0.3 is 0 Å². The minimum absolute atomic E-state index is 0.00868. The first-order chi connectivity index (χ1) is 18.4. The van der Waals surface area contributed by atoms with Crippen LogP contribution in [0.5, 0.6) is 0 Å². The van der Waals surface area contributed by atoms with Gasteiger partial charge in [0, 0.05) is 45.2 Å². The molecule has 0 bridgehead atoms. The average Bonchev–Trinajstić information content (AvgIpc) is 3.77. The highest BCUT2D eigenvalue weighted by Crippen LogP contribution is 2.36. The summed E-state index contributed by atoms with van der Waals surface area (Å²) in [6.07, 6.45) is 8.14. The third-order valence-corrected chi connectivity index (χ3v) is 7.81. The molecule has 2 saturated carbocycles. The van der Waals surface area contributed by atoms with E-state index < -0.39 is 0 Å². The fourth-order valence-electron chi connectivity index (χ4n) is 5.39. The number of anilines is 2. The molecule has 0 unspecified atom stereocenters. The van der Waals surface area contributed by atoms with E-state index >= 15 is 0 Å². The van der Waals surface area contributed by atoms with Crippen LogP contribution in [0, 0.1) is 5.92 Å². The van der Waals surface area contributed by atoms with Crippen LogP contribution in [0.15, 0.2) is 42.5 Å². The Kier molecular flexibility index (Phi) is 9.80. The van der Waals surface area contributed by atoms with Gasteiger partial charge in [-0.15, -0.1) is 0 Å². The topological polar surface area (TPSA) is 87.9 Å². The maximum atomic E-state index is 13.3. The number of nitrogens with one attached hydrogen (secondary N) is 1. The molecule has 0 aliphatic heterocycles. The maximum Gasteiger partial charge on any atom is 0.250 e. The molecule has 0 saturated heterocycles. The number of unbranched alkanes of at least 4 members (excludes halogenated alkanes) is 1. The van der Waals surface area contributed by atoms with Crippen molar-refractivity contribution in [2.75, 3.05) is 37.5 Å². The summed E-state index contributed by atoms with van der Waals surface area (Å²) in [4.78, 5) is 30.0. The minimum atomic E-state index is -0.176. The summed E-state index contributed by atoms with van der Waals surface area (Å²) in [6, 6.07) is 15.2. The lowest BCUT2D eigenvalue weighted by molar-refractivity contribution is -0.136. The van der Waals surface area contributed by atoms with Gasteiger partial charge in [-0.3, -0.25) is 9.59 Å². The Bertz CT molecular complexity index is 1090. The fourth-order valence-corrected chi connectivity index (χ4v) is 5.39. The molecule has 0 spiro atoms. The zero-order chi connectivity index (χ0) is 27.1. The van der Waals surface area contributed by atoms with E-state index in [-0.39, 0.29) is 30.5 Å². The van der Waals surface area contributed by atoms with Crippen molar-refractivity contribution in [3.63, 3.8) is 0 Å². The first-order valence-electron chi connectivity index (χ1n) is 14.2. The van der Waals surface area contributed by atoms with Crippen LogP contribution in [-0.4, -0.2) is 56.1 Å². The van der Waals surface area contributed by atoms with Crippen molar-refractivity contribution in [2.24, 2.45) is 11.7 Å². The molecule has 38 heavy (non-hydrogen) atoms. The Balaban J connectivity index is 1.58.